The standard InChI is InChI=1S/C20H16F3N5OS/c1-11-5-15-13(18(26-25-15)16-9-30-10-24-16)8-28(11)19(29)12-6-17-14(20(21,22)23)3-2-4-27(17)7-12/h2-4,6-7,9-11H,5,8H2,1H3,(H,25,26). The molecule has 0 aliphatic carbocycles. The molecule has 1 aliphatic heterocycles. The number of fused-ring (bicyclic) bond motifs is 2. The van der Waals surface area contributed by atoms with Gasteiger partial charge in [-0.25, -0.2) is 4.98 Å². The maximum absolute atomic E-state index is 13.3. The summed E-state index contributed by atoms with van der Waals surface area (Å²) in [6.45, 7) is 2.23. The van der Waals surface area contributed by atoms with Crippen LogP contribution < -0.4 is 0 Å². The predicted octanol–water partition coefficient (Wildman–Crippen LogP) is 4.39. The molecule has 0 saturated carbocycles. The first kappa shape index (κ1) is 18.9. The van der Waals surface area contributed by atoms with Crippen LogP contribution in [0.5, 0.6) is 0 Å². The van der Waals surface area contributed by atoms with Gasteiger partial charge in [0.2, 0.25) is 0 Å². The van der Waals surface area contributed by atoms with E-state index in [-0.39, 0.29) is 23.0 Å². The number of rotatable bonds is 2. The Morgan fingerprint density at radius 2 is 2.20 bits per heavy atom. The van der Waals surface area contributed by atoms with Crippen molar-refractivity contribution in [2.45, 2.75) is 32.1 Å². The Morgan fingerprint density at radius 3 is 2.93 bits per heavy atom. The minimum atomic E-state index is -4.49. The van der Waals surface area contributed by atoms with Gasteiger partial charge in [0.1, 0.15) is 11.4 Å². The summed E-state index contributed by atoms with van der Waals surface area (Å²) < 4.78 is 41.3. The van der Waals surface area contributed by atoms with Crippen molar-refractivity contribution >= 4 is 22.8 Å². The van der Waals surface area contributed by atoms with Crippen molar-refractivity contribution in [2.75, 3.05) is 0 Å². The number of carbonyl (C=O) groups excluding carboxylic acids is 1. The average Bonchev–Trinajstić information content (AvgIpc) is 3.43. The molecule has 10 heteroatoms. The van der Waals surface area contributed by atoms with E-state index < -0.39 is 11.7 Å². The van der Waals surface area contributed by atoms with Crippen LogP contribution in [-0.4, -0.2) is 36.4 Å². The summed E-state index contributed by atoms with van der Waals surface area (Å²) in [4.78, 5) is 19.2. The van der Waals surface area contributed by atoms with Crippen molar-refractivity contribution in [1.29, 1.82) is 0 Å². The summed E-state index contributed by atoms with van der Waals surface area (Å²) in [6.07, 6.45) is -0.950. The number of nitrogens with one attached hydrogen (secondary N) is 1. The van der Waals surface area contributed by atoms with Crippen LogP contribution in [0.4, 0.5) is 13.2 Å². The Morgan fingerprint density at radius 1 is 1.37 bits per heavy atom. The first-order valence-corrected chi connectivity index (χ1v) is 10.2. The third kappa shape index (κ3) is 2.98. The number of carbonyl (C=O) groups is 1. The van der Waals surface area contributed by atoms with Crippen LogP contribution in [0.25, 0.3) is 16.9 Å². The van der Waals surface area contributed by atoms with Crippen molar-refractivity contribution in [3.63, 3.8) is 0 Å². The zero-order valence-corrected chi connectivity index (χ0v) is 16.6. The second-order valence-corrected chi connectivity index (χ2v) is 8.05. The molecule has 5 heterocycles. The van der Waals surface area contributed by atoms with Crippen LogP contribution in [-0.2, 0) is 19.1 Å². The fourth-order valence-electron chi connectivity index (χ4n) is 3.94. The molecule has 1 amide bonds. The number of alkyl halides is 3. The zero-order valence-electron chi connectivity index (χ0n) is 15.8. The molecule has 0 fully saturated rings. The van der Waals surface area contributed by atoms with E-state index in [2.05, 4.69) is 15.2 Å². The summed E-state index contributed by atoms with van der Waals surface area (Å²) in [5, 5.41) is 9.29. The summed E-state index contributed by atoms with van der Waals surface area (Å²) in [7, 11) is 0. The maximum atomic E-state index is 13.3. The molecule has 30 heavy (non-hydrogen) atoms. The fraction of sp³-hybridized carbons (Fsp3) is 0.250. The van der Waals surface area contributed by atoms with E-state index in [1.54, 1.807) is 10.4 Å². The third-order valence-corrected chi connectivity index (χ3v) is 6.02. The summed E-state index contributed by atoms with van der Waals surface area (Å²) in [6, 6.07) is 3.53. The molecule has 0 spiro atoms. The Hall–Kier alpha value is -3.14. The molecule has 0 radical (unpaired) electrons. The number of hydrogen-bond acceptors (Lipinski definition) is 4. The lowest BCUT2D eigenvalue weighted by Crippen LogP contribution is -2.42. The minimum absolute atomic E-state index is 0.0369. The molecule has 1 atom stereocenters. The van der Waals surface area contributed by atoms with Gasteiger partial charge in [-0.1, -0.05) is 0 Å². The Bertz CT molecular complexity index is 1240. The molecule has 0 saturated heterocycles. The van der Waals surface area contributed by atoms with Gasteiger partial charge in [-0.3, -0.25) is 9.89 Å². The third-order valence-electron chi connectivity index (χ3n) is 5.44. The molecule has 0 bridgehead atoms. The monoisotopic (exact) mass is 431 g/mol. The molecular formula is C20H16F3N5OS. The first-order valence-electron chi connectivity index (χ1n) is 9.26. The van der Waals surface area contributed by atoms with Crippen molar-refractivity contribution in [2.24, 2.45) is 0 Å². The van der Waals surface area contributed by atoms with E-state index in [1.165, 1.54) is 40.3 Å². The predicted molar refractivity (Wildman–Crippen MR) is 105 cm³/mol. The lowest BCUT2D eigenvalue weighted by molar-refractivity contribution is -0.136. The molecule has 154 valence electrons. The largest absolute Gasteiger partial charge is 0.418 e. The molecule has 1 N–H and O–H groups in total. The highest BCUT2D eigenvalue weighted by molar-refractivity contribution is 7.07. The van der Waals surface area contributed by atoms with Crippen molar-refractivity contribution in [1.82, 2.24) is 24.5 Å². The SMILES string of the molecule is CC1Cc2[nH]nc(-c3cscn3)c2CN1C(=O)c1cc2c(C(F)(F)F)cccn2c1. The summed E-state index contributed by atoms with van der Waals surface area (Å²) >= 11 is 1.46. The number of aromatic amines is 1. The average molecular weight is 431 g/mol. The Labute approximate surface area is 173 Å². The lowest BCUT2D eigenvalue weighted by Gasteiger charge is -2.33. The highest BCUT2D eigenvalue weighted by Crippen LogP contribution is 2.34. The van der Waals surface area contributed by atoms with Gasteiger partial charge in [-0.15, -0.1) is 11.3 Å². The van der Waals surface area contributed by atoms with Crippen LogP contribution in [0, 0.1) is 0 Å². The van der Waals surface area contributed by atoms with Crippen LogP contribution in [0.1, 0.15) is 34.1 Å². The van der Waals surface area contributed by atoms with Crippen molar-refractivity contribution < 1.29 is 18.0 Å². The Balaban J connectivity index is 1.51. The van der Waals surface area contributed by atoms with Gasteiger partial charge in [0, 0.05) is 41.5 Å². The van der Waals surface area contributed by atoms with Crippen LogP contribution in [0.3, 0.4) is 0 Å². The van der Waals surface area contributed by atoms with Gasteiger partial charge in [0.05, 0.1) is 28.7 Å². The second-order valence-electron chi connectivity index (χ2n) is 7.33. The van der Waals surface area contributed by atoms with Gasteiger partial charge in [-0.05, 0) is 25.1 Å². The minimum Gasteiger partial charge on any atom is -0.331 e. The van der Waals surface area contributed by atoms with E-state index in [0.29, 0.717) is 18.7 Å². The smallest absolute Gasteiger partial charge is 0.331 e. The molecule has 6 nitrogen and oxygen atoms in total. The number of thiazole rings is 1. The number of amides is 1. The molecule has 5 rings (SSSR count). The van der Waals surface area contributed by atoms with Crippen LogP contribution >= 0.6 is 11.3 Å². The molecule has 4 aromatic heterocycles. The first-order chi connectivity index (χ1) is 14.3. The normalized spacial score (nSPS) is 16.8. The number of nitrogens with zero attached hydrogens (tertiary/aromatic N) is 4. The van der Waals surface area contributed by atoms with E-state index >= 15 is 0 Å². The number of H-pyrrole nitrogens is 1. The lowest BCUT2D eigenvalue weighted by atomic mass is 9.98. The number of hydrogen-bond donors (Lipinski definition) is 1. The van der Waals surface area contributed by atoms with Crippen LogP contribution in [0.15, 0.2) is 41.5 Å². The Kier molecular flexibility index (Phi) is 4.21. The second kappa shape index (κ2) is 6.69. The molecule has 0 aromatic carbocycles. The maximum Gasteiger partial charge on any atom is 0.418 e. The van der Waals surface area contributed by atoms with E-state index in [1.807, 2.05) is 12.3 Å². The van der Waals surface area contributed by atoms with Gasteiger partial charge >= 0.3 is 6.18 Å². The number of pyridine rings is 1. The van der Waals surface area contributed by atoms with E-state index in [0.717, 1.165) is 23.0 Å². The number of aromatic nitrogens is 4. The fourth-order valence-corrected chi connectivity index (χ4v) is 4.48. The molecule has 1 unspecified atom stereocenters. The van der Waals surface area contributed by atoms with Crippen LogP contribution in [0.2, 0.25) is 0 Å². The van der Waals surface area contributed by atoms with Crippen molar-refractivity contribution in [3.8, 4) is 11.4 Å². The van der Waals surface area contributed by atoms with Gasteiger partial charge < -0.3 is 9.30 Å². The quantitative estimate of drug-likeness (QED) is 0.512. The highest BCUT2D eigenvalue weighted by atomic mass is 32.1. The van der Waals surface area contributed by atoms with Crippen molar-refractivity contribution in [3.05, 3.63) is 63.9 Å². The summed E-state index contributed by atoms with van der Waals surface area (Å²) in [5.74, 6) is -0.310. The van der Waals surface area contributed by atoms with Gasteiger partial charge in [-0.2, -0.15) is 18.3 Å². The zero-order chi connectivity index (χ0) is 21.0. The molecule has 4 aromatic rings. The van der Waals surface area contributed by atoms with Gasteiger partial charge in [0.15, 0.2) is 0 Å². The highest BCUT2D eigenvalue weighted by Gasteiger charge is 2.35. The van der Waals surface area contributed by atoms with E-state index in [4.69, 9.17) is 0 Å². The number of halogens is 3. The topological polar surface area (TPSA) is 66.3 Å². The molecule has 1 aliphatic rings. The van der Waals surface area contributed by atoms with Gasteiger partial charge in [0.25, 0.3) is 5.91 Å². The summed E-state index contributed by atoms with van der Waals surface area (Å²) in [5.41, 5.74) is 4.43. The molecular weight excluding hydrogens is 415 g/mol. The van der Waals surface area contributed by atoms with E-state index in [9.17, 15) is 18.0 Å².